The summed E-state index contributed by atoms with van der Waals surface area (Å²) in [5, 5.41) is 2.68. The minimum Gasteiger partial charge on any atom is -0.450 e. The van der Waals surface area contributed by atoms with Crippen molar-refractivity contribution in [1.82, 2.24) is 5.32 Å². The summed E-state index contributed by atoms with van der Waals surface area (Å²) in [5.41, 5.74) is 0.343. The molecule has 4 nitrogen and oxygen atoms in total. The maximum atomic E-state index is 14.2. The normalized spacial score (nSPS) is 20.1. The number of amides is 1. The monoisotopic (exact) mass is 307 g/mol. The number of rotatable bonds is 4. The fourth-order valence-electron chi connectivity index (χ4n) is 2.96. The number of carbonyl (C=O) groups is 2. The molecule has 0 bridgehead atoms. The minimum atomic E-state index is -0.675. The first kappa shape index (κ1) is 16.5. The summed E-state index contributed by atoms with van der Waals surface area (Å²) in [6.07, 6.45) is 3.29. The van der Waals surface area contributed by atoms with Crippen molar-refractivity contribution in [2.45, 2.75) is 45.1 Å². The number of carbonyl (C=O) groups excluding carboxylic acids is 2. The molecule has 1 saturated carbocycles. The summed E-state index contributed by atoms with van der Waals surface area (Å²) in [6, 6.07) is 5.58. The highest BCUT2D eigenvalue weighted by molar-refractivity contribution is 5.83. The highest BCUT2D eigenvalue weighted by Gasteiger charge is 2.33. The first-order valence-electron chi connectivity index (χ1n) is 7.84. The molecule has 0 radical (unpaired) electrons. The number of alkyl carbamates (subject to hydrolysis) is 1. The van der Waals surface area contributed by atoms with Crippen molar-refractivity contribution in [3.05, 3.63) is 35.6 Å². The second-order valence-corrected chi connectivity index (χ2v) is 5.54. The summed E-state index contributed by atoms with van der Waals surface area (Å²) < 4.78 is 19.1. The molecule has 1 amide bonds. The molecule has 1 aromatic rings. The van der Waals surface area contributed by atoms with Crippen molar-refractivity contribution >= 4 is 11.9 Å². The Morgan fingerprint density at radius 3 is 2.86 bits per heavy atom. The van der Waals surface area contributed by atoms with Gasteiger partial charge in [0.25, 0.3) is 0 Å². The van der Waals surface area contributed by atoms with E-state index >= 15 is 0 Å². The summed E-state index contributed by atoms with van der Waals surface area (Å²) >= 11 is 0. The molecule has 0 unspecified atom stereocenters. The highest BCUT2D eigenvalue weighted by Crippen LogP contribution is 2.32. The van der Waals surface area contributed by atoms with Crippen LogP contribution in [-0.4, -0.2) is 18.5 Å². The van der Waals surface area contributed by atoms with Crippen LogP contribution < -0.4 is 5.32 Å². The van der Waals surface area contributed by atoms with Gasteiger partial charge in [-0.25, -0.2) is 9.18 Å². The van der Waals surface area contributed by atoms with Crippen LogP contribution in [0, 0.1) is 11.7 Å². The Morgan fingerprint density at radius 2 is 2.14 bits per heavy atom. The number of Topliss-reactive ketones (excluding diaryl/α,β-unsaturated/α-hetero) is 1. The van der Waals surface area contributed by atoms with E-state index < -0.39 is 23.9 Å². The van der Waals surface area contributed by atoms with Crippen molar-refractivity contribution in [3.8, 4) is 0 Å². The van der Waals surface area contributed by atoms with Gasteiger partial charge in [-0.1, -0.05) is 31.0 Å². The Balaban J connectivity index is 2.29. The van der Waals surface area contributed by atoms with E-state index in [1.54, 1.807) is 25.1 Å². The first-order chi connectivity index (χ1) is 10.6. The molecule has 2 atom stereocenters. The van der Waals surface area contributed by atoms with Gasteiger partial charge in [-0.3, -0.25) is 4.79 Å². The average molecular weight is 307 g/mol. The fourth-order valence-corrected chi connectivity index (χ4v) is 2.96. The van der Waals surface area contributed by atoms with Gasteiger partial charge in [-0.15, -0.1) is 0 Å². The molecule has 0 heterocycles. The van der Waals surface area contributed by atoms with Gasteiger partial charge in [0.1, 0.15) is 11.6 Å². The van der Waals surface area contributed by atoms with Crippen LogP contribution in [0.3, 0.4) is 0 Å². The lowest BCUT2D eigenvalue weighted by atomic mass is 9.86. The molecule has 1 aliphatic carbocycles. The molecule has 1 fully saturated rings. The smallest absolute Gasteiger partial charge is 0.407 e. The van der Waals surface area contributed by atoms with Gasteiger partial charge in [0.2, 0.25) is 0 Å². The van der Waals surface area contributed by atoms with E-state index in [0.717, 1.165) is 19.3 Å². The van der Waals surface area contributed by atoms with Gasteiger partial charge < -0.3 is 10.1 Å². The number of benzene rings is 1. The highest BCUT2D eigenvalue weighted by atomic mass is 19.1. The van der Waals surface area contributed by atoms with Crippen LogP contribution in [0.5, 0.6) is 0 Å². The topological polar surface area (TPSA) is 55.4 Å². The summed E-state index contributed by atoms with van der Waals surface area (Å²) in [6.45, 7) is 1.93. The van der Waals surface area contributed by atoms with Crippen LogP contribution >= 0.6 is 0 Å². The van der Waals surface area contributed by atoms with Crippen LogP contribution in [0.2, 0.25) is 0 Å². The lowest BCUT2D eigenvalue weighted by molar-refractivity contribution is -0.123. The molecule has 5 heteroatoms. The van der Waals surface area contributed by atoms with Crippen LogP contribution in [0.25, 0.3) is 0 Å². The predicted molar refractivity (Wildman–Crippen MR) is 80.9 cm³/mol. The second-order valence-electron chi connectivity index (χ2n) is 5.54. The fraction of sp³-hybridized carbons (Fsp3) is 0.529. The molecule has 0 aliphatic heterocycles. The van der Waals surface area contributed by atoms with E-state index in [0.29, 0.717) is 18.4 Å². The Kier molecular flexibility index (Phi) is 5.92. The van der Waals surface area contributed by atoms with Crippen molar-refractivity contribution in [3.63, 3.8) is 0 Å². The Morgan fingerprint density at radius 1 is 1.36 bits per heavy atom. The van der Waals surface area contributed by atoms with E-state index in [9.17, 15) is 14.0 Å². The number of hydrogen-bond donors (Lipinski definition) is 1. The van der Waals surface area contributed by atoms with Gasteiger partial charge in [-0.05, 0) is 25.8 Å². The van der Waals surface area contributed by atoms with E-state index in [-0.39, 0.29) is 12.4 Å². The zero-order valence-electron chi connectivity index (χ0n) is 12.8. The molecular weight excluding hydrogens is 285 g/mol. The maximum Gasteiger partial charge on any atom is 0.407 e. The Labute approximate surface area is 130 Å². The van der Waals surface area contributed by atoms with Gasteiger partial charge >= 0.3 is 6.09 Å². The summed E-state index contributed by atoms with van der Waals surface area (Å²) in [5.74, 6) is -0.729. The van der Waals surface area contributed by atoms with E-state index in [1.165, 1.54) is 6.07 Å². The third kappa shape index (κ3) is 4.06. The molecule has 1 aromatic carbocycles. The molecular formula is C17H22FNO3. The molecule has 1 aliphatic rings. The van der Waals surface area contributed by atoms with Crippen molar-refractivity contribution < 1.29 is 18.7 Å². The molecule has 2 rings (SSSR count). The third-order valence-corrected chi connectivity index (χ3v) is 4.04. The lowest BCUT2D eigenvalue weighted by Crippen LogP contribution is -2.37. The van der Waals surface area contributed by atoms with Crippen molar-refractivity contribution in [1.29, 1.82) is 0 Å². The summed E-state index contributed by atoms with van der Waals surface area (Å²) in [7, 11) is 0. The van der Waals surface area contributed by atoms with E-state index in [1.807, 2.05) is 0 Å². The van der Waals surface area contributed by atoms with Gasteiger partial charge in [-0.2, -0.15) is 0 Å². The van der Waals surface area contributed by atoms with Crippen molar-refractivity contribution in [2.24, 2.45) is 5.92 Å². The zero-order valence-corrected chi connectivity index (χ0v) is 12.8. The third-order valence-electron chi connectivity index (χ3n) is 4.04. The van der Waals surface area contributed by atoms with E-state index in [2.05, 4.69) is 5.32 Å². The van der Waals surface area contributed by atoms with Gasteiger partial charge in [0.05, 0.1) is 12.6 Å². The predicted octanol–water partition coefficient (Wildman–Crippen LogP) is 3.76. The number of hydrogen-bond acceptors (Lipinski definition) is 3. The van der Waals surface area contributed by atoms with Crippen LogP contribution in [0.15, 0.2) is 24.3 Å². The van der Waals surface area contributed by atoms with Crippen LogP contribution in [0.1, 0.15) is 50.6 Å². The molecule has 120 valence electrons. The van der Waals surface area contributed by atoms with Crippen molar-refractivity contribution in [2.75, 3.05) is 6.61 Å². The van der Waals surface area contributed by atoms with Crippen LogP contribution in [-0.2, 0) is 9.53 Å². The average Bonchev–Trinajstić information content (AvgIpc) is 2.71. The summed E-state index contributed by atoms with van der Waals surface area (Å²) in [4.78, 5) is 24.2. The number of nitrogens with one attached hydrogen (secondary N) is 1. The minimum absolute atomic E-state index is 0.0857. The molecule has 22 heavy (non-hydrogen) atoms. The second kappa shape index (κ2) is 7.92. The number of ketones is 1. The molecule has 1 N–H and O–H groups in total. The first-order valence-corrected chi connectivity index (χ1v) is 7.84. The zero-order chi connectivity index (χ0) is 15.9. The standard InChI is InChI=1S/C17H22FNO3/c1-2-22-17(21)19-16(12-8-6-7-10-14(12)18)13-9-4-3-5-11-15(13)20/h6-8,10,13,16H,2-5,9,11H2,1H3,(H,19,21)/t13-,16+/m0/s1. The quantitative estimate of drug-likeness (QED) is 0.862. The SMILES string of the molecule is CCOC(=O)N[C@H](c1ccccc1F)[C@H]1CCCCCC1=O. The Hall–Kier alpha value is -1.91. The largest absolute Gasteiger partial charge is 0.450 e. The Bertz CT molecular complexity index is 532. The molecule has 0 spiro atoms. The van der Waals surface area contributed by atoms with Gasteiger partial charge in [0.15, 0.2) is 0 Å². The maximum absolute atomic E-state index is 14.2. The molecule has 0 aromatic heterocycles. The van der Waals surface area contributed by atoms with Crippen LogP contribution in [0.4, 0.5) is 9.18 Å². The molecule has 0 saturated heterocycles. The number of halogens is 1. The van der Waals surface area contributed by atoms with E-state index in [4.69, 9.17) is 4.74 Å². The van der Waals surface area contributed by atoms with Gasteiger partial charge in [0, 0.05) is 17.9 Å². The number of ether oxygens (including phenoxy) is 1. The lowest BCUT2D eigenvalue weighted by Gasteiger charge is -2.26.